The van der Waals surface area contributed by atoms with Gasteiger partial charge in [0.15, 0.2) is 5.89 Å². The van der Waals surface area contributed by atoms with E-state index in [4.69, 9.17) is 14.3 Å². The minimum atomic E-state index is -0.861. The smallest absolute Gasteiger partial charge is 0.306 e. The first kappa shape index (κ1) is 22.6. The third-order valence-corrected chi connectivity index (χ3v) is 5.99. The number of ether oxygens (including phenoxy) is 1. The fraction of sp³-hybridized carbons (Fsp3) is 0.346. The molecule has 2 aromatic carbocycles. The van der Waals surface area contributed by atoms with Crippen molar-refractivity contribution in [2.75, 3.05) is 13.1 Å². The summed E-state index contributed by atoms with van der Waals surface area (Å²) in [7, 11) is 0. The molecule has 4 rings (SSSR count). The van der Waals surface area contributed by atoms with Gasteiger partial charge < -0.3 is 19.2 Å². The zero-order valence-electron chi connectivity index (χ0n) is 18.9. The van der Waals surface area contributed by atoms with Crippen LogP contribution in [0.4, 0.5) is 0 Å². The normalized spacial score (nSPS) is 16.5. The third-order valence-electron chi connectivity index (χ3n) is 5.99. The number of benzene rings is 2. The molecule has 0 spiro atoms. The van der Waals surface area contributed by atoms with Gasteiger partial charge in [-0.25, -0.2) is 4.98 Å². The molecule has 7 heteroatoms. The summed E-state index contributed by atoms with van der Waals surface area (Å²) in [6, 6.07) is 15.4. The van der Waals surface area contributed by atoms with Crippen molar-refractivity contribution < 1.29 is 23.8 Å². The van der Waals surface area contributed by atoms with Gasteiger partial charge in [-0.1, -0.05) is 37.3 Å². The zero-order valence-corrected chi connectivity index (χ0v) is 18.9. The summed E-state index contributed by atoms with van der Waals surface area (Å²) in [5.41, 5.74) is 2.00. The van der Waals surface area contributed by atoms with Crippen molar-refractivity contribution in [3.05, 3.63) is 77.5 Å². The average Bonchev–Trinajstić information content (AvgIpc) is 3.46. The van der Waals surface area contributed by atoms with Gasteiger partial charge in [-0.05, 0) is 42.7 Å². The van der Waals surface area contributed by atoms with E-state index in [9.17, 15) is 9.59 Å². The Labute approximate surface area is 193 Å². The van der Waals surface area contributed by atoms with E-state index in [1.165, 1.54) is 0 Å². The van der Waals surface area contributed by atoms with Crippen molar-refractivity contribution in [1.82, 2.24) is 9.88 Å². The fourth-order valence-electron chi connectivity index (χ4n) is 3.94. The van der Waals surface area contributed by atoms with Crippen molar-refractivity contribution in [2.45, 2.75) is 39.0 Å². The SMILES string of the molecule is Cc1ccccc1Oc1ccc(CC(=O)N2CCC(c3ncc(CC(C)C(=O)O)o3)C2)cc1. The number of likely N-dealkylation sites (tertiary alicyclic amines) is 1. The number of para-hydroxylation sites is 1. The number of amides is 1. The Hall–Kier alpha value is -3.61. The minimum absolute atomic E-state index is 0.0349. The Balaban J connectivity index is 1.30. The van der Waals surface area contributed by atoms with Gasteiger partial charge in [0.25, 0.3) is 0 Å². The lowest BCUT2D eigenvalue weighted by Gasteiger charge is -2.16. The molecule has 2 heterocycles. The molecular formula is C26H28N2O5. The average molecular weight is 449 g/mol. The molecule has 7 nitrogen and oxygen atoms in total. The molecule has 1 aromatic heterocycles. The number of aromatic nitrogens is 1. The standard InChI is InChI=1S/C26H28N2O5/c1-17-5-3-4-6-23(17)32-21-9-7-19(8-10-21)14-24(29)28-12-11-20(16-28)25-27-15-22(33-25)13-18(2)26(30)31/h3-10,15,18,20H,11-14,16H2,1-2H3,(H,30,31). The van der Waals surface area contributed by atoms with E-state index in [-0.39, 0.29) is 11.8 Å². The maximum absolute atomic E-state index is 12.8. The predicted molar refractivity (Wildman–Crippen MR) is 122 cm³/mol. The lowest BCUT2D eigenvalue weighted by Crippen LogP contribution is -2.29. The van der Waals surface area contributed by atoms with Crippen LogP contribution in [0.3, 0.4) is 0 Å². The largest absolute Gasteiger partial charge is 0.481 e. The van der Waals surface area contributed by atoms with Gasteiger partial charge >= 0.3 is 5.97 Å². The van der Waals surface area contributed by atoms with Crippen LogP contribution in [-0.4, -0.2) is 40.0 Å². The topological polar surface area (TPSA) is 92.9 Å². The molecule has 1 N–H and O–H groups in total. The van der Waals surface area contributed by atoms with Gasteiger partial charge in [-0.2, -0.15) is 0 Å². The first-order valence-corrected chi connectivity index (χ1v) is 11.2. The second-order valence-electron chi connectivity index (χ2n) is 8.62. The van der Waals surface area contributed by atoms with Gasteiger partial charge in [0.1, 0.15) is 17.3 Å². The summed E-state index contributed by atoms with van der Waals surface area (Å²) in [4.78, 5) is 30.0. The van der Waals surface area contributed by atoms with Gasteiger partial charge in [0.05, 0.1) is 24.5 Å². The monoisotopic (exact) mass is 448 g/mol. The van der Waals surface area contributed by atoms with Crippen LogP contribution < -0.4 is 4.74 Å². The highest BCUT2D eigenvalue weighted by Crippen LogP contribution is 2.29. The Bertz CT molecular complexity index is 1120. The molecule has 1 fully saturated rings. The number of rotatable bonds is 8. The summed E-state index contributed by atoms with van der Waals surface area (Å²) in [6.07, 6.45) is 3.01. The van der Waals surface area contributed by atoms with E-state index in [2.05, 4.69) is 4.98 Å². The molecule has 172 valence electrons. The Morgan fingerprint density at radius 1 is 1.21 bits per heavy atom. The highest BCUT2D eigenvalue weighted by molar-refractivity contribution is 5.79. The lowest BCUT2D eigenvalue weighted by molar-refractivity contribution is -0.141. The van der Waals surface area contributed by atoms with Crippen LogP contribution in [0.2, 0.25) is 0 Å². The fourth-order valence-corrected chi connectivity index (χ4v) is 3.94. The molecule has 1 aliphatic rings. The van der Waals surface area contributed by atoms with E-state index in [1.54, 1.807) is 13.1 Å². The van der Waals surface area contributed by atoms with E-state index < -0.39 is 11.9 Å². The predicted octanol–water partition coefficient (Wildman–Crippen LogP) is 4.60. The molecule has 0 aliphatic carbocycles. The summed E-state index contributed by atoms with van der Waals surface area (Å²) in [6.45, 7) is 4.85. The van der Waals surface area contributed by atoms with Crippen LogP contribution in [0, 0.1) is 12.8 Å². The minimum Gasteiger partial charge on any atom is -0.481 e. The van der Waals surface area contributed by atoms with Crippen molar-refractivity contribution >= 4 is 11.9 Å². The number of aliphatic carboxylic acids is 1. The number of carboxylic acid groups (broad SMARTS) is 1. The van der Waals surface area contributed by atoms with Gasteiger partial charge in [-0.3, -0.25) is 9.59 Å². The first-order chi connectivity index (χ1) is 15.9. The number of hydrogen-bond donors (Lipinski definition) is 1. The molecule has 2 unspecified atom stereocenters. The molecule has 3 aromatic rings. The number of hydrogen-bond acceptors (Lipinski definition) is 5. The zero-order chi connectivity index (χ0) is 23.4. The highest BCUT2D eigenvalue weighted by Gasteiger charge is 2.30. The van der Waals surface area contributed by atoms with Crippen LogP contribution in [0.1, 0.15) is 42.0 Å². The molecule has 1 amide bonds. The van der Waals surface area contributed by atoms with E-state index in [0.29, 0.717) is 37.6 Å². The molecule has 0 saturated carbocycles. The van der Waals surface area contributed by atoms with Gasteiger partial charge in [0.2, 0.25) is 5.91 Å². The molecular weight excluding hydrogens is 420 g/mol. The highest BCUT2D eigenvalue weighted by atomic mass is 16.5. The van der Waals surface area contributed by atoms with Crippen LogP contribution in [-0.2, 0) is 22.4 Å². The first-order valence-electron chi connectivity index (χ1n) is 11.2. The Morgan fingerprint density at radius 2 is 1.97 bits per heavy atom. The number of nitrogens with zero attached hydrogens (tertiary/aromatic N) is 2. The number of carbonyl (C=O) groups is 2. The molecule has 2 atom stereocenters. The number of aryl methyl sites for hydroxylation is 1. The number of carbonyl (C=O) groups excluding carboxylic acids is 1. The molecule has 0 radical (unpaired) electrons. The lowest BCUT2D eigenvalue weighted by atomic mass is 10.1. The molecule has 33 heavy (non-hydrogen) atoms. The second-order valence-corrected chi connectivity index (χ2v) is 8.62. The number of oxazole rings is 1. The molecule has 0 bridgehead atoms. The van der Waals surface area contributed by atoms with E-state index in [1.807, 2.05) is 60.4 Å². The van der Waals surface area contributed by atoms with Crippen LogP contribution in [0.5, 0.6) is 11.5 Å². The van der Waals surface area contributed by atoms with E-state index in [0.717, 1.165) is 29.0 Å². The summed E-state index contributed by atoms with van der Waals surface area (Å²) in [5, 5.41) is 9.06. The quantitative estimate of drug-likeness (QED) is 0.542. The summed E-state index contributed by atoms with van der Waals surface area (Å²) in [5.74, 6) is 1.41. The van der Waals surface area contributed by atoms with Crippen molar-refractivity contribution in [2.24, 2.45) is 5.92 Å². The van der Waals surface area contributed by atoms with Crippen molar-refractivity contribution in [3.8, 4) is 11.5 Å². The molecule has 1 aliphatic heterocycles. The Morgan fingerprint density at radius 3 is 2.70 bits per heavy atom. The van der Waals surface area contributed by atoms with Gasteiger partial charge in [-0.15, -0.1) is 0 Å². The molecule has 1 saturated heterocycles. The van der Waals surface area contributed by atoms with Crippen molar-refractivity contribution in [1.29, 1.82) is 0 Å². The van der Waals surface area contributed by atoms with Crippen molar-refractivity contribution in [3.63, 3.8) is 0 Å². The van der Waals surface area contributed by atoms with Crippen LogP contribution in [0.15, 0.2) is 59.1 Å². The maximum Gasteiger partial charge on any atom is 0.306 e. The van der Waals surface area contributed by atoms with Crippen LogP contribution in [0.25, 0.3) is 0 Å². The van der Waals surface area contributed by atoms with Crippen LogP contribution >= 0.6 is 0 Å². The number of carboxylic acids is 1. The summed E-state index contributed by atoms with van der Waals surface area (Å²) >= 11 is 0. The maximum atomic E-state index is 12.8. The second kappa shape index (κ2) is 9.90. The summed E-state index contributed by atoms with van der Waals surface area (Å²) < 4.78 is 11.7. The Kier molecular flexibility index (Phi) is 6.77. The van der Waals surface area contributed by atoms with E-state index >= 15 is 0 Å². The third kappa shape index (κ3) is 5.61. The van der Waals surface area contributed by atoms with Gasteiger partial charge in [0, 0.05) is 19.5 Å².